The van der Waals surface area contributed by atoms with E-state index in [0.717, 1.165) is 5.57 Å². The minimum Gasteiger partial charge on any atom is -0.0990 e. The minimum atomic E-state index is 1.09. The molecule has 0 atom stereocenters. The Morgan fingerprint density at radius 2 is 1.69 bits per heavy atom. The van der Waals surface area contributed by atoms with Crippen molar-refractivity contribution in [1.29, 1.82) is 0 Å². The number of hydrogen-bond donors (Lipinski definition) is 0. The first-order valence-electron chi connectivity index (χ1n) is 9.02. The van der Waals surface area contributed by atoms with Crippen LogP contribution in [0.4, 0.5) is 0 Å². The Hall–Kier alpha value is -2.86. The summed E-state index contributed by atoms with van der Waals surface area (Å²) in [6, 6.07) is 13.1. The topological polar surface area (TPSA) is 0 Å². The van der Waals surface area contributed by atoms with E-state index in [0.29, 0.717) is 0 Å². The van der Waals surface area contributed by atoms with E-state index in [1.807, 2.05) is 18.2 Å². The molecule has 0 spiro atoms. The molecule has 0 saturated heterocycles. The van der Waals surface area contributed by atoms with Gasteiger partial charge in [-0.05, 0) is 78.3 Å². The summed E-state index contributed by atoms with van der Waals surface area (Å²) in [4.78, 5) is 0. The van der Waals surface area contributed by atoms with E-state index >= 15 is 0 Å². The summed E-state index contributed by atoms with van der Waals surface area (Å²) < 4.78 is 0. The highest BCUT2D eigenvalue weighted by atomic mass is 14.2. The molecule has 0 fully saturated rings. The Morgan fingerprint density at radius 3 is 2.31 bits per heavy atom. The molecule has 0 saturated carbocycles. The van der Waals surface area contributed by atoms with Gasteiger partial charge in [-0.3, -0.25) is 0 Å². The SMILES string of the molecule is C=C/C=C(\C=C)c1cccc(C)c1-c1cc(C(/C=C\C)=C/C)ccc1C. The first-order valence-corrected chi connectivity index (χ1v) is 9.02. The van der Waals surface area contributed by atoms with Gasteiger partial charge < -0.3 is 0 Å². The molecular weight excluding hydrogens is 312 g/mol. The van der Waals surface area contributed by atoms with Gasteiger partial charge >= 0.3 is 0 Å². The Balaban J connectivity index is 2.78. The van der Waals surface area contributed by atoms with E-state index in [-0.39, 0.29) is 0 Å². The third-order valence-electron chi connectivity index (χ3n) is 4.60. The van der Waals surface area contributed by atoms with Gasteiger partial charge in [0, 0.05) is 0 Å². The van der Waals surface area contributed by atoms with Crippen LogP contribution in [0.1, 0.15) is 36.1 Å². The molecule has 0 heterocycles. The van der Waals surface area contributed by atoms with Crippen molar-refractivity contribution in [1.82, 2.24) is 0 Å². The van der Waals surface area contributed by atoms with E-state index in [1.165, 1.54) is 39.0 Å². The molecule has 132 valence electrons. The third-order valence-corrected chi connectivity index (χ3v) is 4.60. The lowest BCUT2D eigenvalue weighted by Gasteiger charge is -2.17. The van der Waals surface area contributed by atoms with Crippen LogP contribution in [0.3, 0.4) is 0 Å². The van der Waals surface area contributed by atoms with Gasteiger partial charge in [-0.1, -0.05) is 79.9 Å². The van der Waals surface area contributed by atoms with Crippen LogP contribution in [0.5, 0.6) is 0 Å². The van der Waals surface area contributed by atoms with Crippen molar-refractivity contribution < 1.29 is 0 Å². The maximum absolute atomic E-state index is 3.99. The second kappa shape index (κ2) is 9.01. The van der Waals surface area contributed by atoms with Gasteiger partial charge in [0.15, 0.2) is 0 Å². The first-order chi connectivity index (χ1) is 12.6. The molecule has 0 aliphatic carbocycles. The van der Waals surface area contributed by atoms with Gasteiger partial charge in [0.2, 0.25) is 0 Å². The van der Waals surface area contributed by atoms with Crippen LogP contribution < -0.4 is 0 Å². The number of benzene rings is 2. The van der Waals surface area contributed by atoms with Crippen LogP contribution in [-0.4, -0.2) is 0 Å². The average Bonchev–Trinajstić information content (AvgIpc) is 2.65. The fourth-order valence-corrected chi connectivity index (χ4v) is 3.27. The minimum absolute atomic E-state index is 1.09. The summed E-state index contributed by atoms with van der Waals surface area (Å²) in [7, 11) is 0. The molecule has 0 aliphatic heterocycles. The summed E-state index contributed by atoms with van der Waals surface area (Å²) in [6.45, 7) is 16.3. The van der Waals surface area contributed by atoms with Crippen molar-refractivity contribution in [3.63, 3.8) is 0 Å². The standard InChI is InChI=1S/C26H28/c1-7-12-21(9-3)23-17-16-19(5)25(18-23)26-20(6)14-11-15-24(26)22(10-4)13-8-2/h7-18H,2,4H2,1,3,5-6H3/b12-7-,21-9+,22-13+. The summed E-state index contributed by atoms with van der Waals surface area (Å²) in [6.07, 6.45) is 12.1. The van der Waals surface area contributed by atoms with Crippen molar-refractivity contribution in [2.45, 2.75) is 27.7 Å². The van der Waals surface area contributed by atoms with Crippen molar-refractivity contribution in [2.24, 2.45) is 0 Å². The highest BCUT2D eigenvalue weighted by Gasteiger charge is 2.13. The van der Waals surface area contributed by atoms with Gasteiger partial charge in [0.25, 0.3) is 0 Å². The first kappa shape index (κ1) is 19.5. The van der Waals surface area contributed by atoms with Crippen LogP contribution in [0.15, 0.2) is 86.0 Å². The second-order valence-corrected chi connectivity index (χ2v) is 6.33. The van der Waals surface area contributed by atoms with E-state index in [4.69, 9.17) is 0 Å². The quantitative estimate of drug-likeness (QED) is 0.472. The Bertz CT molecular complexity index is 902. The summed E-state index contributed by atoms with van der Waals surface area (Å²) in [5.41, 5.74) is 9.78. The van der Waals surface area contributed by atoms with Gasteiger partial charge in [0.1, 0.15) is 0 Å². The average molecular weight is 341 g/mol. The monoisotopic (exact) mass is 340 g/mol. The normalized spacial score (nSPS) is 12.5. The lowest BCUT2D eigenvalue weighted by molar-refractivity contribution is 1.38. The van der Waals surface area contributed by atoms with Crippen LogP contribution >= 0.6 is 0 Å². The molecule has 0 aromatic heterocycles. The van der Waals surface area contributed by atoms with Gasteiger partial charge in [-0.25, -0.2) is 0 Å². The molecule has 0 aliphatic rings. The van der Waals surface area contributed by atoms with Crippen molar-refractivity contribution in [3.05, 3.63) is 108 Å². The maximum atomic E-state index is 3.99. The summed E-state index contributed by atoms with van der Waals surface area (Å²) in [5, 5.41) is 0. The van der Waals surface area contributed by atoms with Crippen LogP contribution in [0.2, 0.25) is 0 Å². The second-order valence-electron chi connectivity index (χ2n) is 6.33. The third kappa shape index (κ3) is 4.03. The molecule has 0 nitrogen and oxygen atoms in total. The molecule has 0 N–H and O–H groups in total. The largest absolute Gasteiger partial charge is 0.0990 e. The molecule has 0 heteroatoms. The van der Waals surface area contributed by atoms with Crippen molar-refractivity contribution in [2.75, 3.05) is 0 Å². The predicted molar refractivity (Wildman–Crippen MR) is 118 cm³/mol. The van der Waals surface area contributed by atoms with E-state index in [9.17, 15) is 0 Å². The van der Waals surface area contributed by atoms with Gasteiger partial charge in [0.05, 0.1) is 0 Å². The molecule has 2 aromatic rings. The molecular formula is C26H28. The fourth-order valence-electron chi connectivity index (χ4n) is 3.27. The van der Waals surface area contributed by atoms with Crippen molar-refractivity contribution in [3.8, 4) is 11.1 Å². The molecule has 0 unspecified atom stereocenters. The maximum Gasteiger partial charge on any atom is -0.00732 e. The highest BCUT2D eigenvalue weighted by molar-refractivity contribution is 5.89. The Labute approximate surface area is 158 Å². The van der Waals surface area contributed by atoms with Gasteiger partial charge in [-0.2, -0.15) is 0 Å². The zero-order chi connectivity index (χ0) is 19.1. The highest BCUT2D eigenvalue weighted by Crippen LogP contribution is 2.36. The number of rotatable bonds is 6. The molecule has 26 heavy (non-hydrogen) atoms. The number of hydrogen-bond acceptors (Lipinski definition) is 0. The summed E-state index contributed by atoms with van der Waals surface area (Å²) >= 11 is 0. The van der Waals surface area contributed by atoms with Crippen LogP contribution in [0, 0.1) is 13.8 Å². The van der Waals surface area contributed by atoms with E-state index in [1.54, 1.807) is 0 Å². The number of aryl methyl sites for hydroxylation is 2. The zero-order valence-corrected chi connectivity index (χ0v) is 16.3. The van der Waals surface area contributed by atoms with Gasteiger partial charge in [-0.15, -0.1) is 0 Å². The molecule has 0 radical (unpaired) electrons. The molecule has 0 amide bonds. The molecule has 2 rings (SSSR count). The zero-order valence-electron chi connectivity index (χ0n) is 16.3. The molecule has 2 aromatic carbocycles. The van der Waals surface area contributed by atoms with Crippen LogP contribution in [-0.2, 0) is 0 Å². The lowest BCUT2D eigenvalue weighted by atomic mass is 9.87. The smallest absolute Gasteiger partial charge is 0.00732 e. The number of allylic oxidation sites excluding steroid dienone is 8. The predicted octanol–water partition coefficient (Wildman–Crippen LogP) is 7.71. The lowest BCUT2D eigenvalue weighted by Crippen LogP contribution is -1.95. The van der Waals surface area contributed by atoms with E-state index < -0.39 is 0 Å². The Morgan fingerprint density at radius 1 is 0.923 bits per heavy atom. The summed E-state index contributed by atoms with van der Waals surface area (Å²) in [5.74, 6) is 0. The van der Waals surface area contributed by atoms with Crippen LogP contribution in [0.25, 0.3) is 22.3 Å². The Kier molecular flexibility index (Phi) is 6.74. The fraction of sp³-hybridized carbons (Fsp3) is 0.154. The molecule has 0 bridgehead atoms. The van der Waals surface area contributed by atoms with Crippen molar-refractivity contribution >= 4 is 11.1 Å². The van der Waals surface area contributed by atoms with E-state index in [2.05, 4.69) is 95.5 Å².